The van der Waals surface area contributed by atoms with Gasteiger partial charge >= 0.3 is 0 Å². The van der Waals surface area contributed by atoms with E-state index in [2.05, 4.69) is 71.2 Å². The van der Waals surface area contributed by atoms with Gasteiger partial charge in [0.25, 0.3) is 0 Å². The van der Waals surface area contributed by atoms with Gasteiger partial charge in [0.2, 0.25) is 0 Å². The van der Waals surface area contributed by atoms with Gasteiger partial charge in [-0.1, -0.05) is 51.1 Å². The molecule has 0 amide bonds. The Labute approximate surface area is 211 Å². The Morgan fingerprint density at radius 3 is 2.62 bits per heavy atom. The lowest BCUT2D eigenvalue weighted by atomic mass is 9.78. The highest BCUT2D eigenvalue weighted by Crippen LogP contribution is 2.34. The molecule has 0 aliphatic carbocycles. The molecule has 3 saturated heterocycles. The van der Waals surface area contributed by atoms with Crippen LogP contribution in [0.2, 0.25) is 0 Å². The number of benzene rings is 1. The summed E-state index contributed by atoms with van der Waals surface area (Å²) in [6.07, 6.45) is 2.90. The van der Waals surface area contributed by atoms with E-state index in [1.54, 1.807) is 0 Å². The number of guanidine groups is 1. The molecule has 4 rings (SSSR count). The molecule has 3 heterocycles. The van der Waals surface area contributed by atoms with Crippen molar-refractivity contribution in [3.8, 4) is 0 Å². The summed E-state index contributed by atoms with van der Waals surface area (Å²) in [4.78, 5) is 9.59. The summed E-state index contributed by atoms with van der Waals surface area (Å²) < 4.78 is 12.3. The fourth-order valence-electron chi connectivity index (χ4n) is 5.51. The number of hydrogen-bond acceptors (Lipinski definition) is 4. The van der Waals surface area contributed by atoms with Crippen LogP contribution in [0.5, 0.6) is 0 Å². The van der Waals surface area contributed by atoms with Crippen molar-refractivity contribution in [1.29, 1.82) is 0 Å². The minimum absolute atomic E-state index is 0. The second kappa shape index (κ2) is 11.5. The predicted octanol–water partition coefficient (Wildman–Crippen LogP) is 3.61. The topological polar surface area (TPSA) is 49.3 Å². The smallest absolute Gasteiger partial charge is 0.193 e. The van der Waals surface area contributed by atoms with E-state index in [-0.39, 0.29) is 41.6 Å². The third-order valence-corrected chi connectivity index (χ3v) is 6.98. The standard InChI is InChI=1S/C25H40N4O2.HI/c1-25(2,3)23-20(11-8-13-31-23)15-27-24(26-4)29-17-21-22(18-29)30-14-12-28(21)16-19-9-6-5-7-10-19;/h5-7,9-10,20-23H,8,11-18H2,1-4H3,(H,26,27);1H. The number of hydrogen-bond donors (Lipinski definition) is 1. The number of morpholine rings is 1. The van der Waals surface area contributed by atoms with Crippen LogP contribution in [0.3, 0.4) is 0 Å². The van der Waals surface area contributed by atoms with Crippen LogP contribution in [0.15, 0.2) is 35.3 Å². The van der Waals surface area contributed by atoms with Crippen molar-refractivity contribution in [2.45, 2.75) is 58.4 Å². The Morgan fingerprint density at radius 2 is 1.91 bits per heavy atom. The van der Waals surface area contributed by atoms with Crippen LogP contribution >= 0.6 is 24.0 Å². The van der Waals surface area contributed by atoms with E-state index in [1.807, 2.05) is 7.05 Å². The van der Waals surface area contributed by atoms with Gasteiger partial charge < -0.3 is 19.7 Å². The molecular formula is C25H41IN4O2. The van der Waals surface area contributed by atoms with Gasteiger partial charge in [-0.15, -0.1) is 24.0 Å². The summed E-state index contributed by atoms with van der Waals surface area (Å²) >= 11 is 0. The first-order valence-electron chi connectivity index (χ1n) is 11.9. The second-order valence-corrected chi connectivity index (χ2v) is 10.3. The first-order chi connectivity index (χ1) is 15.0. The maximum absolute atomic E-state index is 6.17. The van der Waals surface area contributed by atoms with Gasteiger partial charge in [0.1, 0.15) is 0 Å². The van der Waals surface area contributed by atoms with Crippen molar-refractivity contribution < 1.29 is 9.47 Å². The van der Waals surface area contributed by atoms with Gasteiger partial charge in [-0.3, -0.25) is 9.89 Å². The summed E-state index contributed by atoms with van der Waals surface area (Å²) in [5, 5.41) is 3.68. The Balaban J connectivity index is 0.00000289. The van der Waals surface area contributed by atoms with Crippen LogP contribution in [-0.4, -0.2) is 80.4 Å². The molecule has 0 aromatic heterocycles. The monoisotopic (exact) mass is 556 g/mol. The lowest BCUT2D eigenvalue weighted by Crippen LogP contribution is -2.50. The van der Waals surface area contributed by atoms with Gasteiger partial charge in [0.05, 0.1) is 24.9 Å². The largest absolute Gasteiger partial charge is 0.377 e. The molecule has 0 radical (unpaired) electrons. The molecule has 180 valence electrons. The van der Waals surface area contributed by atoms with Crippen molar-refractivity contribution in [3.63, 3.8) is 0 Å². The second-order valence-electron chi connectivity index (χ2n) is 10.3. The number of nitrogens with zero attached hydrogens (tertiary/aromatic N) is 3. The zero-order chi connectivity index (χ0) is 21.8. The minimum atomic E-state index is 0. The van der Waals surface area contributed by atoms with E-state index in [0.717, 1.165) is 58.3 Å². The molecule has 0 spiro atoms. The molecule has 32 heavy (non-hydrogen) atoms. The molecule has 1 aromatic rings. The molecule has 0 saturated carbocycles. The number of rotatable bonds is 4. The van der Waals surface area contributed by atoms with Crippen LogP contribution in [0.1, 0.15) is 39.2 Å². The quantitative estimate of drug-likeness (QED) is 0.349. The zero-order valence-corrected chi connectivity index (χ0v) is 22.5. The fraction of sp³-hybridized carbons (Fsp3) is 0.720. The zero-order valence-electron chi connectivity index (χ0n) is 20.1. The lowest BCUT2D eigenvalue weighted by Gasteiger charge is -2.40. The van der Waals surface area contributed by atoms with Gasteiger partial charge in [-0.2, -0.15) is 0 Å². The molecule has 4 atom stereocenters. The van der Waals surface area contributed by atoms with Gasteiger partial charge in [0, 0.05) is 52.3 Å². The van der Waals surface area contributed by atoms with Crippen molar-refractivity contribution in [2.75, 3.05) is 46.4 Å². The van der Waals surface area contributed by atoms with Gasteiger partial charge in [0.15, 0.2) is 5.96 Å². The van der Waals surface area contributed by atoms with E-state index >= 15 is 0 Å². The molecule has 3 aliphatic heterocycles. The van der Waals surface area contributed by atoms with Crippen molar-refractivity contribution in [3.05, 3.63) is 35.9 Å². The first-order valence-corrected chi connectivity index (χ1v) is 11.9. The average molecular weight is 557 g/mol. The molecule has 3 fully saturated rings. The number of fused-ring (bicyclic) bond motifs is 1. The van der Waals surface area contributed by atoms with Crippen molar-refractivity contribution in [1.82, 2.24) is 15.1 Å². The van der Waals surface area contributed by atoms with Gasteiger partial charge in [-0.05, 0) is 23.8 Å². The summed E-state index contributed by atoms with van der Waals surface area (Å²) in [6, 6.07) is 11.2. The number of likely N-dealkylation sites (tertiary alicyclic amines) is 1. The van der Waals surface area contributed by atoms with Gasteiger partial charge in [-0.25, -0.2) is 0 Å². The molecule has 1 aromatic carbocycles. The third-order valence-electron chi connectivity index (χ3n) is 6.98. The van der Waals surface area contributed by atoms with Crippen LogP contribution in [0.25, 0.3) is 0 Å². The number of halogens is 1. The Kier molecular flexibility index (Phi) is 9.23. The van der Waals surface area contributed by atoms with Crippen LogP contribution in [-0.2, 0) is 16.0 Å². The Hall–Kier alpha value is -0.900. The normalized spacial score (nSPS) is 29.4. The molecule has 7 heteroatoms. The molecular weight excluding hydrogens is 515 g/mol. The fourth-order valence-corrected chi connectivity index (χ4v) is 5.51. The Morgan fingerprint density at radius 1 is 1.12 bits per heavy atom. The van der Waals surface area contributed by atoms with E-state index in [0.29, 0.717) is 12.0 Å². The predicted molar refractivity (Wildman–Crippen MR) is 141 cm³/mol. The van der Waals surface area contributed by atoms with Crippen LogP contribution < -0.4 is 5.32 Å². The van der Waals surface area contributed by atoms with Crippen molar-refractivity contribution in [2.24, 2.45) is 16.3 Å². The molecule has 0 bridgehead atoms. The minimum Gasteiger partial charge on any atom is -0.377 e. The lowest BCUT2D eigenvalue weighted by molar-refractivity contribution is -0.0836. The highest BCUT2D eigenvalue weighted by atomic mass is 127. The summed E-state index contributed by atoms with van der Waals surface area (Å²) in [7, 11) is 1.89. The van der Waals surface area contributed by atoms with Crippen LogP contribution in [0, 0.1) is 11.3 Å². The van der Waals surface area contributed by atoms with Crippen molar-refractivity contribution >= 4 is 29.9 Å². The highest BCUT2D eigenvalue weighted by molar-refractivity contribution is 14.0. The summed E-state index contributed by atoms with van der Waals surface area (Å²) in [6.45, 7) is 13.3. The average Bonchev–Trinajstić information content (AvgIpc) is 3.20. The Bertz CT molecular complexity index is 739. The number of aliphatic imine (C=N–C) groups is 1. The molecule has 6 nitrogen and oxygen atoms in total. The number of ether oxygens (including phenoxy) is 2. The van der Waals surface area contributed by atoms with E-state index in [1.165, 1.54) is 12.0 Å². The van der Waals surface area contributed by atoms with E-state index in [9.17, 15) is 0 Å². The first kappa shape index (κ1) is 25.7. The highest BCUT2D eigenvalue weighted by Gasteiger charge is 2.41. The van der Waals surface area contributed by atoms with Crippen LogP contribution in [0.4, 0.5) is 0 Å². The SMILES string of the molecule is CN=C(NCC1CCCOC1C(C)(C)C)N1CC2OCCN(Cc3ccccc3)C2C1.I. The molecule has 3 aliphatic rings. The number of nitrogens with one attached hydrogen (secondary N) is 1. The third kappa shape index (κ3) is 6.15. The maximum Gasteiger partial charge on any atom is 0.193 e. The molecule has 4 unspecified atom stereocenters. The maximum atomic E-state index is 6.17. The van der Waals surface area contributed by atoms with E-state index in [4.69, 9.17) is 9.47 Å². The van der Waals surface area contributed by atoms with E-state index < -0.39 is 0 Å². The summed E-state index contributed by atoms with van der Waals surface area (Å²) in [5.74, 6) is 1.51. The summed E-state index contributed by atoms with van der Waals surface area (Å²) in [5.41, 5.74) is 1.53. The molecule has 1 N–H and O–H groups in total.